The SMILES string of the molecule is COc1cc(/C=C(\Cl)c2nnc(C(=O)Nc3ccc(Cl)cc3)s2)ccc1OC(F)F. The Balaban J connectivity index is 1.75. The third kappa shape index (κ3) is 5.65. The van der Waals surface area contributed by atoms with Crippen LogP contribution in [0.15, 0.2) is 42.5 Å². The highest BCUT2D eigenvalue weighted by atomic mass is 35.5. The number of hydrogen-bond acceptors (Lipinski definition) is 6. The number of carbonyl (C=O) groups is 1. The van der Waals surface area contributed by atoms with Crippen molar-refractivity contribution in [3.8, 4) is 11.5 Å². The van der Waals surface area contributed by atoms with Gasteiger partial charge in [-0.15, -0.1) is 10.2 Å². The Bertz CT molecular complexity index is 1080. The summed E-state index contributed by atoms with van der Waals surface area (Å²) in [6.07, 6.45) is 1.54. The van der Waals surface area contributed by atoms with Crippen LogP contribution in [0.25, 0.3) is 11.1 Å². The molecule has 1 aromatic heterocycles. The minimum Gasteiger partial charge on any atom is -0.493 e. The van der Waals surface area contributed by atoms with E-state index in [1.54, 1.807) is 24.3 Å². The van der Waals surface area contributed by atoms with E-state index in [9.17, 15) is 13.6 Å². The van der Waals surface area contributed by atoms with Crippen molar-refractivity contribution in [2.75, 3.05) is 12.4 Å². The Morgan fingerprint density at radius 1 is 1.13 bits per heavy atom. The normalized spacial score (nSPS) is 11.5. The van der Waals surface area contributed by atoms with Crippen LogP contribution in [0.1, 0.15) is 20.4 Å². The molecule has 0 saturated heterocycles. The average Bonchev–Trinajstić information content (AvgIpc) is 3.21. The number of alkyl halides is 2. The van der Waals surface area contributed by atoms with E-state index >= 15 is 0 Å². The maximum Gasteiger partial charge on any atom is 0.387 e. The summed E-state index contributed by atoms with van der Waals surface area (Å²) in [4.78, 5) is 12.3. The molecule has 6 nitrogen and oxygen atoms in total. The van der Waals surface area contributed by atoms with Crippen LogP contribution < -0.4 is 14.8 Å². The molecule has 1 heterocycles. The van der Waals surface area contributed by atoms with Crippen LogP contribution in [-0.2, 0) is 0 Å². The lowest BCUT2D eigenvalue weighted by Crippen LogP contribution is -2.11. The molecule has 0 saturated carbocycles. The number of carbonyl (C=O) groups excluding carboxylic acids is 1. The van der Waals surface area contributed by atoms with E-state index in [1.165, 1.54) is 31.4 Å². The minimum atomic E-state index is -2.97. The molecule has 30 heavy (non-hydrogen) atoms. The van der Waals surface area contributed by atoms with Gasteiger partial charge < -0.3 is 14.8 Å². The highest BCUT2D eigenvalue weighted by Crippen LogP contribution is 2.32. The van der Waals surface area contributed by atoms with E-state index in [1.807, 2.05) is 0 Å². The second kappa shape index (κ2) is 9.84. The second-order valence-electron chi connectivity index (χ2n) is 5.65. The maximum absolute atomic E-state index is 12.4. The Labute approximate surface area is 184 Å². The number of halogens is 4. The summed E-state index contributed by atoms with van der Waals surface area (Å²) in [5.74, 6) is -0.424. The van der Waals surface area contributed by atoms with Crippen LogP contribution in [0.5, 0.6) is 11.5 Å². The zero-order valence-corrected chi connectivity index (χ0v) is 17.6. The Morgan fingerprint density at radius 3 is 2.50 bits per heavy atom. The minimum absolute atomic E-state index is 0.0992. The average molecular weight is 472 g/mol. The zero-order chi connectivity index (χ0) is 21.7. The molecule has 11 heteroatoms. The molecule has 0 aliphatic rings. The maximum atomic E-state index is 12.4. The zero-order valence-electron chi connectivity index (χ0n) is 15.2. The molecule has 0 aliphatic carbocycles. The van der Waals surface area contributed by atoms with E-state index in [-0.39, 0.29) is 21.5 Å². The lowest BCUT2D eigenvalue weighted by molar-refractivity contribution is -0.0512. The first-order chi connectivity index (χ1) is 14.4. The molecule has 0 atom stereocenters. The van der Waals surface area contributed by atoms with Crippen molar-refractivity contribution in [2.45, 2.75) is 6.61 Å². The van der Waals surface area contributed by atoms with Gasteiger partial charge in [-0.05, 0) is 48.0 Å². The van der Waals surface area contributed by atoms with Gasteiger partial charge in [0, 0.05) is 10.7 Å². The van der Waals surface area contributed by atoms with Crippen LogP contribution in [0.4, 0.5) is 14.5 Å². The number of rotatable bonds is 7. The molecule has 156 valence electrons. The summed E-state index contributed by atoms with van der Waals surface area (Å²) in [5, 5.41) is 11.6. The molecule has 0 spiro atoms. The van der Waals surface area contributed by atoms with Gasteiger partial charge in [0.15, 0.2) is 16.5 Å². The number of methoxy groups -OCH3 is 1. The van der Waals surface area contributed by atoms with E-state index in [0.29, 0.717) is 21.3 Å². The highest BCUT2D eigenvalue weighted by Gasteiger charge is 2.16. The van der Waals surface area contributed by atoms with Crippen LogP contribution in [-0.4, -0.2) is 29.8 Å². The molecule has 0 aliphatic heterocycles. The number of hydrogen-bond donors (Lipinski definition) is 1. The Hall–Kier alpha value is -2.75. The third-order valence-corrected chi connectivity index (χ3v) is 5.23. The van der Waals surface area contributed by atoms with Gasteiger partial charge in [0.2, 0.25) is 5.01 Å². The number of amides is 1. The largest absolute Gasteiger partial charge is 0.493 e. The van der Waals surface area contributed by atoms with E-state index in [2.05, 4.69) is 20.3 Å². The third-order valence-electron chi connectivity index (χ3n) is 3.62. The highest BCUT2D eigenvalue weighted by molar-refractivity contribution is 7.15. The predicted octanol–water partition coefficient (Wildman–Crippen LogP) is 5.79. The smallest absolute Gasteiger partial charge is 0.387 e. The van der Waals surface area contributed by atoms with Crippen molar-refractivity contribution in [1.82, 2.24) is 10.2 Å². The fourth-order valence-corrected chi connectivity index (χ4v) is 3.36. The quantitative estimate of drug-likeness (QED) is 0.471. The van der Waals surface area contributed by atoms with Crippen LogP contribution in [0.2, 0.25) is 5.02 Å². The number of aromatic nitrogens is 2. The van der Waals surface area contributed by atoms with Crippen molar-refractivity contribution in [1.29, 1.82) is 0 Å². The van der Waals surface area contributed by atoms with E-state index < -0.39 is 12.5 Å². The number of nitrogens with zero attached hydrogens (tertiary/aromatic N) is 2. The Kier molecular flexibility index (Phi) is 7.20. The number of ether oxygens (including phenoxy) is 2. The first kappa shape index (κ1) is 21.9. The van der Waals surface area contributed by atoms with E-state index in [0.717, 1.165) is 11.3 Å². The summed E-state index contributed by atoms with van der Waals surface area (Å²) in [5.41, 5.74) is 1.11. The van der Waals surface area contributed by atoms with Crippen LogP contribution in [0, 0.1) is 0 Å². The predicted molar refractivity (Wildman–Crippen MR) is 113 cm³/mol. The molecule has 0 bridgehead atoms. The van der Waals surface area contributed by atoms with Crippen LogP contribution in [0.3, 0.4) is 0 Å². The fourth-order valence-electron chi connectivity index (χ4n) is 2.30. The summed E-state index contributed by atoms with van der Waals surface area (Å²) < 4.78 is 34.3. The monoisotopic (exact) mass is 471 g/mol. The van der Waals surface area contributed by atoms with Crippen molar-refractivity contribution in [2.24, 2.45) is 0 Å². The lowest BCUT2D eigenvalue weighted by Gasteiger charge is -2.10. The lowest BCUT2D eigenvalue weighted by atomic mass is 10.2. The molecule has 3 rings (SSSR count). The molecule has 1 amide bonds. The van der Waals surface area contributed by atoms with Crippen molar-refractivity contribution < 1.29 is 23.0 Å². The van der Waals surface area contributed by atoms with Gasteiger partial charge in [0.05, 0.1) is 12.1 Å². The van der Waals surface area contributed by atoms with Crippen molar-refractivity contribution in [3.05, 3.63) is 63.1 Å². The van der Waals surface area contributed by atoms with Gasteiger partial charge in [-0.25, -0.2) is 0 Å². The summed E-state index contributed by atoms with van der Waals surface area (Å²) >= 11 is 13.1. The van der Waals surface area contributed by atoms with Gasteiger partial charge >= 0.3 is 6.61 Å². The molecule has 3 aromatic rings. The standard InChI is InChI=1S/C19H13Cl2F2N3O3S/c1-28-15-9-10(2-7-14(15)29-19(22)23)8-13(21)17-25-26-18(30-17)16(27)24-12-5-3-11(20)4-6-12/h2-9,19H,1H3,(H,24,27)/b13-8-. The van der Waals surface area contributed by atoms with E-state index in [4.69, 9.17) is 27.9 Å². The van der Waals surface area contributed by atoms with Gasteiger partial charge in [0.1, 0.15) is 0 Å². The molecule has 0 unspecified atom stereocenters. The van der Waals surface area contributed by atoms with Gasteiger partial charge in [-0.3, -0.25) is 4.79 Å². The second-order valence-corrected chi connectivity index (χ2v) is 7.48. The fraction of sp³-hybridized carbons (Fsp3) is 0.105. The summed E-state index contributed by atoms with van der Waals surface area (Å²) in [7, 11) is 1.33. The first-order valence-corrected chi connectivity index (χ1v) is 9.84. The first-order valence-electron chi connectivity index (χ1n) is 8.26. The molecular weight excluding hydrogens is 459 g/mol. The van der Waals surface area contributed by atoms with Crippen molar-refractivity contribution >= 4 is 57.2 Å². The van der Waals surface area contributed by atoms with Gasteiger partial charge in [-0.2, -0.15) is 8.78 Å². The van der Waals surface area contributed by atoms with Crippen LogP contribution >= 0.6 is 34.5 Å². The molecule has 1 N–H and O–H groups in total. The molecular formula is C19H13Cl2F2N3O3S. The Morgan fingerprint density at radius 2 is 1.83 bits per heavy atom. The number of anilines is 1. The number of nitrogens with one attached hydrogen (secondary N) is 1. The van der Waals surface area contributed by atoms with Crippen molar-refractivity contribution in [3.63, 3.8) is 0 Å². The summed E-state index contributed by atoms with van der Waals surface area (Å²) in [6.45, 7) is -2.97. The summed E-state index contributed by atoms with van der Waals surface area (Å²) in [6, 6.07) is 11.0. The van der Waals surface area contributed by atoms with Gasteiger partial charge in [-0.1, -0.05) is 40.6 Å². The molecule has 2 aromatic carbocycles. The molecule has 0 radical (unpaired) electrons. The van der Waals surface area contributed by atoms with Gasteiger partial charge in [0.25, 0.3) is 5.91 Å². The molecule has 0 fully saturated rings. The number of benzene rings is 2. The topological polar surface area (TPSA) is 73.3 Å².